The molecule has 1 aromatic carbocycles. The van der Waals surface area contributed by atoms with Crippen molar-refractivity contribution in [2.24, 2.45) is 0 Å². The number of sulfonamides is 1. The molecule has 8 nitrogen and oxygen atoms in total. The summed E-state index contributed by atoms with van der Waals surface area (Å²) in [5, 5.41) is 0. The number of carbonyl (C=O) groups is 2. The fraction of sp³-hybridized carbons (Fsp3) is 0.579. The average Bonchev–Trinajstić information content (AvgIpc) is 3.18. The van der Waals surface area contributed by atoms with Crippen LogP contribution in [0.25, 0.3) is 0 Å². The standard InChI is InChI=1S/C19H26N2O6S/c1-2-26-14-19(23)27-13-18(22)20-8-10-21(11-9-20)28(24,25)17-7-6-15-4-3-5-16(15)12-17/h6-7,12H,2-5,8-11,13-14H2,1H3. The highest BCUT2D eigenvalue weighted by atomic mass is 32.2. The predicted molar refractivity (Wildman–Crippen MR) is 101 cm³/mol. The Bertz CT molecular complexity index is 831. The minimum atomic E-state index is -3.58. The molecule has 0 aromatic heterocycles. The van der Waals surface area contributed by atoms with Crippen LogP contribution >= 0.6 is 0 Å². The van der Waals surface area contributed by atoms with E-state index in [0.717, 1.165) is 24.8 Å². The first-order valence-corrected chi connectivity index (χ1v) is 11.0. The SMILES string of the molecule is CCOCC(=O)OCC(=O)N1CCN(S(=O)(=O)c2ccc3c(c2)CCC3)CC1. The normalized spacial score (nSPS) is 17.4. The Hall–Kier alpha value is -1.97. The van der Waals surface area contributed by atoms with Crippen LogP contribution in [0.4, 0.5) is 0 Å². The lowest BCUT2D eigenvalue weighted by Gasteiger charge is -2.34. The number of ether oxygens (including phenoxy) is 2. The number of benzene rings is 1. The van der Waals surface area contributed by atoms with Gasteiger partial charge in [0, 0.05) is 32.8 Å². The van der Waals surface area contributed by atoms with Crippen LogP contribution in [-0.2, 0) is 41.9 Å². The second-order valence-corrected chi connectivity index (χ2v) is 8.80. The molecule has 1 aliphatic heterocycles. The number of nitrogens with zero attached hydrogens (tertiary/aromatic N) is 2. The molecule has 1 fully saturated rings. The quantitative estimate of drug-likeness (QED) is 0.611. The van der Waals surface area contributed by atoms with Gasteiger partial charge in [-0.3, -0.25) is 4.79 Å². The van der Waals surface area contributed by atoms with Crippen molar-refractivity contribution in [2.45, 2.75) is 31.1 Å². The van der Waals surface area contributed by atoms with E-state index < -0.39 is 16.0 Å². The van der Waals surface area contributed by atoms with Crippen molar-refractivity contribution in [1.82, 2.24) is 9.21 Å². The van der Waals surface area contributed by atoms with Gasteiger partial charge in [0.15, 0.2) is 6.61 Å². The number of rotatable bonds is 7. The summed E-state index contributed by atoms with van der Waals surface area (Å²) in [6, 6.07) is 5.37. The van der Waals surface area contributed by atoms with E-state index >= 15 is 0 Å². The van der Waals surface area contributed by atoms with Gasteiger partial charge in [0.25, 0.3) is 5.91 Å². The molecule has 0 saturated carbocycles. The van der Waals surface area contributed by atoms with Gasteiger partial charge in [-0.25, -0.2) is 13.2 Å². The number of esters is 1. The van der Waals surface area contributed by atoms with Gasteiger partial charge in [0.2, 0.25) is 10.0 Å². The molecule has 1 aromatic rings. The zero-order valence-corrected chi connectivity index (χ0v) is 16.9. The van der Waals surface area contributed by atoms with E-state index in [1.54, 1.807) is 19.1 Å². The Morgan fingerprint density at radius 1 is 1.04 bits per heavy atom. The van der Waals surface area contributed by atoms with Crippen LogP contribution in [0.1, 0.15) is 24.5 Å². The van der Waals surface area contributed by atoms with Gasteiger partial charge in [-0.05, 0) is 49.4 Å². The molecular formula is C19H26N2O6S. The summed E-state index contributed by atoms with van der Waals surface area (Å²) in [6.45, 7) is 2.59. The number of aryl methyl sites for hydroxylation is 2. The van der Waals surface area contributed by atoms with Crippen molar-refractivity contribution >= 4 is 21.9 Å². The number of carbonyl (C=O) groups excluding carboxylic acids is 2. The van der Waals surface area contributed by atoms with Crippen LogP contribution in [0.3, 0.4) is 0 Å². The van der Waals surface area contributed by atoms with E-state index in [0.29, 0.717) is 11.5 Å². The van der Waals surface area contributed by atoms with Crippen LogP contribution in [0.15, 0.2) is 23.1 Å². The van der Waals surface area contributed by atoms with Crippen molar-refractivity contribution in [3.8, 4) is 0 Å². The Kier molecular flexibility index (Phi) is 6.69. The van der Waals surface area contributed by atoms with Crippen LogP contribution in [0.5, 0.6) is 0 Å². The van der Waals surface area contributed by atoms with E-state index in [1.165, 1.54) is 14.8 Å². The Morgan fingerprint density at radius 3 is 2.46 bits per heavy atom. The third kappa shape index (κ3) is 4.71. The van der Waals surface area contributed by atoms with E-state index in [2.05, 4.69) is 0 Å². The Morgan fingerprint density at radius 2 is 1.75 bits per heavy atom. The smallest absolute Gasteiger partial charge is 0.332 e. The molecule has 1 heterocycles. The molecule has 9 heteroatoms. The fourth-order valence-corrected chi connectivity index (χ4v) is 4.97. The summed E-state index contributed by atoms with van der Waals surface area (Å²) in [7, 11) is -3.58. The summed E-state index contributed by atoms with van der Waals surface area (Å²) in [5.74, 6) is -0.924. The molecule has 0 radical (unpaired) electrons. The molecule has 1 aliphatic carbocycles. The summed E-state index contributed by atoms with van der Waals surface area (Å²) in [6.07, 6.45) is 2.99. The molecule has 0 unspecified atom stereocenters. The molecule has 1 amide bonds. The maximum atomic E-state index is 12.9. The highest BCUT2D eigenvalue weighted by Crippen LogP contribution is 2.26. The van der Waals surface area contributed by atoms with Gasteiger partial charge in [0.05, 0.1) is 4.90 Å². The molecular weight excluding hydrogens is 384 g/mol. The second-order valence-electron chi connectivity index (χ2n) is 6.87. The number of amides is 1. The monoisotopic (exact) mass is 410 g/mol. The number of hydrogen-bond acceptors (Lipinski definition) is 6. The summed E-state index contributed by atoms with van der Waals surface area (Å²) in [5.41, 5.74) is 2.34. The first-order valence-electron chi connectivity index (χ1n) is 9.55. The molecule has 0 spiro atoms. The van der Waals surface area contributed by atoms with Gasteiger partial charge >= 0.3 is 5.97 Å². The number of piperazine rings is 1. The zero-order valence-electron chi connectivity index (χ0n) is 16.1. The first kappa shape index (κ1) is 20.8. The van der Waals surface area contributed by atoms with Gasteiger partial charge in [-0.1, -0.05) is 6.07 Å². The average molecular weight is 410 g/mol. The van der Waals surface area contributed by atoms with Crippen molar-refractivity contribution in [3.05, 3.63) is 29.3 Å². The molecule has 0 bridgehead atoms. The second kappa shape index (κ2) is 9.02. The van der Waals surface area contributed by atoms with Crippen LogP contribution in [0, 0.1) is 0 Å². The van der Waals surface area contributed by atoms with Crippen molar-refractivity contribution in [1.29, 1.82) is 0 Å². The topological polar surface area (TPSA) is 93.2 Å². The highest BCUT2D eigenvalue weighted by Gasteiger charge is 2.31. The third-order valence-electron chi connectivity index (χ3n) is 5.08. The van der Waals surface area contributed by atoms with Crippen LogP contribution in [-0.4, -0.2) is 75.5 Å². The summed E-state index contributed by atoms with van der Waals surface area (Å²) < 4.78 is 37.0. The fourth-order valence-electron chi connectivity index (χ4n) is 3.50. The molecule has 1 saturated heterocycles. The predicted octanol–water partition coefficient (Wildman–Crippen LogP) is 0.588. The lowest BCUT2D eigenvalue weighted by Crippen LogP contribution is -2.51. The molecule has 3 rings (SSSR count). The van der Waals surface area contributed by atoms with Crippen LogP contribution < -0.4 is 0 Å². The maximum Gasteiger partial charge on any atom is 0.332 e. The minimum absolute atomic E-state index is 0.184. The zero-order chi connectivity index (χ0) is 20.1. The molecule has 28 heavy (non-hydrogen) atoms. The van der Waals surface area contributed by atoms with Gasteiger partial charge < -0.3 is 14.4 Å². The number of hydrogen-bond donors (Lipinski definition) is 0. The van der Waals surface area contributed by atoms with Gasteiger partial charge in [-0.2, -0.15) is 4.31 Å². The van der Waals surface area contributed by atoms with E-state index in [1.807, 2.05) is 6.07 Å². The molecule has 0 atom stereocenters. The Labute approximate surface area is 165 Å². The lowest BCUT2D eigenvalue weighted by atomic mass is 10.1. The molecule has 2 aliphatic rings. The summed E-state index contributed by atoms with van der Waals surface area (Å²) in [4.78, 5) is 25.4. The van der Waals surface area contributed by atoms with Crippen LogP contribution in [0.2, 0.25) is 0 Å². The van der Waals surface area contributed by atoms with Gasteiger partial charge in [0.1, 0.15) is 6.61 Å². The van der Waals surface area contributed by atoms with E-state index in [4.69, 9.17) is 9.47 Å². The first-order chi connectivity index (χ1) is 13.4. The largest absolute Gasteiger partial charge is 0.454 e. The Balaban J connectivity index is 1.53. The number of fused-ring (bicyclic) bond motifs is 1. The molecule has 0 N–H and O–H groups in total. The summed E-state index contributed by atoms with van der Waals surface area (Å²) >= 11 is 0. The minimum Gasteiger partial charge on any atom is -0.454 e. The lowest BCUT2D eigenvalue weighted by molar-refractivity contribution is -0.156. The van der Waals surface area contributed by atoms with E-state index in [-0.39, 0.29) is 45.3 Å². The van der Waals surface area contributed by atoms with E-state index in [9.17, 15) is 18.0 Å². The maximum absolute atomic E-state index is 12.9. The highest BCUT2D eigenvalue weighted by molar-refractivity contribution is 7.89. The van der Waals surface area contributed by atoms with Crippen molar-refractivity contribution < 1.29 is 27.5 Å². The molecule has 154 valence electrons. The van der Waals surface area contributed by atoms with Gasteiger partial charge in [-0.15, -0.1) is 0 Å². The van der Waals surface area contributed by atoms with Crippen molar-refractivity contribution in [2.75, 3.05) is 46.0 Å². The van der Waals surface area contributed by atoms with Crippen molar-refractivity contribution in [3.63, 3.8) is 0 Å². The third-order valence-corrected chi connectivity index (χ3v) is 6.97.